The number of methoxy groups -OCH3 is 1. The van der Waals surface area contributed by atoms with E-state index in [0.717, 1.165) is 6.26 Å². The number of carbonyl (C=O) groups is 2. The Kier molecular flexibility index (Phi) is 9.23. The van der Waals surface area contributed by atoms with Crippen molar-refractivity contribution in [3.05, 3.63) is 47.7 Å². The lowest BCUT2D eigenvalue weighted by Gasteiger charge is -2.45. The largest absolute Gasteiger partial charge is 0.504 e. The maximum Gasteiger partial charge on any atom is 0.337 e. The van der Waals surface area contributed by atoms with Gasteiger partial charge < -0.3 is 59.6 Å². The molecule has 1 aromatic carbocycles. The fraction of sp³-hybridized carbons (Fsp3) is 0.556. The van der Waals surface area contributed by atoms with Crippen LogP contribution < -0.4 is 0 Å². The van der Waals surface area contributed by atoms with Crippen molar-refractivity contribution in [2.24, 2.45) is 11.8 Å². The summed E-state index contributed by atoms with van der Waals surface area (Å²) in [5.74, 6) is -3.72. The van der Waals surface area contributed by atoms with Crippen LogP contribution in [0.3, 0.4) is 0 Å². The minimum Gasteiger partial charge on any atom is -0.504 e. The zero-order valence-electron chi connectivity index (χ0n) is 22.4. The predicted molar refractivity (Wildman–Crippen MR) is 136 cm³/mol. The molecule has 0 saturated carbocycles. The molecule has 10 atom stereocenters. The van der Waals surface area contributed by atoms with Crippen LogP contribution in [0, 0.1) is 11.8 Å². The summed E-state index contributed by atoms with van der Waals surface area (Å²) in [6, 6.07) is 1.67. The lowest BCUT2D eigenvalue weighted by molar-refractivity contribution is -0.339. The first-order valence-electron chi connectivity index (χ1n) is 13.0. The zero-order valence-corrected chi connectivity index (χ0v) is 22.4. The van der Waals surface area contributed by atoms with E-state index in [1.165, 1.54) is 37.1 Å². The van der Waals surface area contributed by atoms with Crippen molar-refractivity contribution in [1.29, 1.82) is 0 Å². The van der Waals surface area contributed by atoms with Gasteiger partial charge in [-0.05, 0) is 29.7 Å². The maximum absolute atomic E-state index is 12.8. The number of aromatic hydroxyl groups is 2. The van der Waals surface area contributed by atoms with E-state index in [2.05, 4.69) is 6.58 Å². The van der Waals surface area contributed by atoms with Crippen molar-refractivity contribution in [3.8, 4) is 11.5 Å². The van der Waals surface area contributed by atoms with Crippen molar-refractivity contribution in [3.63, 3.8) is 0 Å². The van der Waals surface area contributed by atoms with Gasteiger partial charge >= 0.3 is 5.97 Å². The van der Waals surface area contributed by atoms with Crippen molar-refractivity contribution in [2.45, 2.75) is 62.5 Å². The Hall–Kier alpha value is -3.24. The third-order valence-electron chi connectivity index (χ3n) is 7.84. The molecular weight excluding hydrogens is 546 g/mol. The van der Waals surface area contributed by atoms with Crippen LogP contribution in [0.15, 0.2) is 36.6 Å². The Balaban J connectivity index is 1.71. The Bertz CT molecular complexity index is 1190. The topological polar surface area (TPSA) is 216 Å². The predicted octanol–water partition coefficient (Wildman–Crippen LogP) is -0.927. The SMILES string of the molecule is C=C[C@H]1[C@H](O[C@@H]2O[C@H](CO)[C@@H](O)[C@H](O)[C@H]2O)OC=C(C(=O)OC)[C@H]1C[C@@H]1c2cc(O)c(O)cc2[C@@H](O)CN1C(C)=O. The number of fused-ring (bicyclic) bond motifs is 1. The monoisotopic (exact) mass is 581 g/mol. The molecule has 3 aliphatic heterocycles. The van der Waals surface area contributed by atoms with Gasteiger partial charge in [0.1, 0.15) is 24.4 Å². The van der Waals surface area contributed by atoms with Crippen LogP contribution >= 0.6 is 0 Å². The minimum absolute atomic E-state index is 0.0129. The summed E-state index contributed by atoms with van der Waals surface area (Å²) in [7, 11) is 1.18. The van der Waals surface area contributed by atoms with Crippen molar-refractivity contribution < 1.29 is 64.3 Å². The molecule has 1 amide bonds. The zero-order chi connectivity index (χ0) is 30.2. The molecule has 226 valence electrons. The van der Waals surface area contributed by atoms with E-state index in [4.69, 9.17) is 18.9 Å². The fourth-order valence-corrected chi connectivity index (χ4v) is 5.64. The lowest BCUT2D eigenvalue weighted by atomic mass is 9.76. The number of ether oxygens (including phenoxy) is 4. The fourth-order valence-electron chi connectivity index (χ4n) is 5.64. The van der Waals surface area contributed by atoms with E-state index in [9.17, 15) is 45.3 Å². The van der Waals surface area contributed by atoms with E-state index in [0.29, 0.717) is 11.1 Å². The third kappa shape index (κ3) is 5.77. The minimum atomic E-state index is -1.72. The van der Waals surface area contributed by atoms with Gasteiger partial charge in [-0.15, -0.1) is 6.58 Å². The Morgan fingerprint density at radius 1 is 1.07 bits per heavy atom. The molecule has 0 radical (unpaired) electrons. The second-order valence-corrected chi connectivity index (χ2v) is 10.2. The number of amides is 1. The van der Waals surface area contributed by atoms with E-state index in [-0.39, 0.29) is 18.5 Å². The molecular formula is C27H35NO13. The molecule has 4 rings (SSSR count). The molecule has 41 heavy (non-hydrogen) atoms. The molecule has 14 heteroatoms. The number of β-amino-alcohol motifs (C(OH)–C–C–N with tert-alkyl or cyclic N) is 1. The molecule has 0 unspecified atom stereocenters. The normalized spacial score (nSPS) is 35.1. The van der Waals surface area contributed by atoms with Gasteiger partial charge in [-0.2, -0.15) is 0 Å². The van der Waals surface area contributed by atoms with Crippen LogP contribution in [0.25, 0.3) is 0 Å². The van der Waals surface area contributed by atoms with Gasteiger partial charge in [0.05, 0.1) is 44.2 Å². The van der Waals surface area contributed by atoms with Gasteiger partial charge in [-0.25, -0.2) is 4.79 Å². The molecule has 1 saturated heterocycles. The molecule has 1 aromatic rings. The van der Waals surface area contributed by atoms with Crippen molar-refractivity contribution >= 4 is 11.9 Å². The molecule has 3 aliphatic rings. The Morgan fingerprint density at radius 3 is 2.32 bits per heavy atom. The summed E-state index contributed by atoms with van der Waals surface area (Å²) in [6.07, 6.45) is -7.68. The molecule has 7 N–H and O–H groups in total. The van der Waals surface area contributed by atoms with E-state index >= 15 is 0 Å². The van der Waals surface area contributed by atoms with Gasteiger partial charge in [0.25, 0.3) is 0 Å². The third-order valence-corrected chi connectivity index (χ3v) is 7.84. The number of aliphatic hydroxyl groups is 5. The molecule has 0 bridgehead atoms. The van der Waals surface area contributed by atoms with Crippen LogP contribution in [0.2, 0.25) is 0 Å². The summed E-state index contributed by atoms with van der Waals surface area (Å²) >= 11 is 0. The highest BCUT2D eigenvalue weighted by molar-refractivity contribution is 5.89. The van der Waals surface area contributed by atoms with Crippen LogP contribution in [0.1, 0.15) is 36.6 Å². The standard InChI is InChI=1S/C27H35NO13/c1-4-12-13(5-17-14-6-18(31)19(32)7-15(14)20(33)8-28(17)11(2)30)16(25(37)38-3)10-39-26(12)41-27-24(36)23(35)22(34)21(9-29)40-27/h4,6-7,10,12-13,17,20-24,26-27,29,31-36H,1,5,8-9H2,2-3H3/t12-,13+,17-,20+,21-,22-,23+,24-,26+,27+/m1/s1. The van der Waals surface area contributed by atoms with E-state index in [1.807, 2.05) is 0 Å². The highest BCUT2D eigenvalue weighted by Crippen LogP contribution is 2.47. The van der Waals surface area contributed by atoms with E-state index < -0.39 is 91.0 Å². The van der Waals surface area contributed by atoms with Crippen LogP contribution in [0.5, 0.6) is 11.5 Å². The summed E-state index contributed by atoms with van der Waals surface area (Å²) < 4.78 is 21.9. The van der Waals surface area contributed by atoms with Gasteiger partial charge in [-0.3, -0.25) is 4.79 Å². The number of phenols is 2. The quantitative estimate of drug-likeness (QED) is 0.118. The first-order valence-corrected chi connectivity index (χ1v) is 13.0. The van der Waals surface area contributed by atoms with Gasteiger partial charge in [-0.1, -0.05) is 6.08 Å². The molecule has 0 spiro atoms. The van der Waals surface area contributed by atoms with Crippen LogP contribution in [-0.2, 0) is 28.5 Å². The summed E-state index contributed by atoms with van der Waals surface area (Å²) in [5.41, 5.74) is 0.701. The molecule has 0 aliphatic carbocycles. The maximum atomic E-state index is 12.8. The highest BCUT2D eigenvalue weighted by atomic mass is 16.8. The summed E-state index contributed by atoms with van der Waals surface area (Å²) in [4.78, 5) is 26.9. The Morgan fingerprint density at radius 2 is 1.73 bits per heavy atom. The summed E-state index contributed by atoms with van der Waals surface area (Å²) in [6.45, 7) is 4.35. The second kappa shape index (κ2) is 12.3. The number of esters is 1. The number of benzene rings is 1. The average Bonchev–Trinajstić information content (AvgIpc) is 2.95. The molecule has 3 heterocycles. The lowest BCUT2D eigenvalue weighted by Crippen LogP contribution is -2.60. The first-order chi connectivity index (χ1) is 19.4. The van der Waals surface area contributed by atoms with Gasteiger partial charge in [0, 0.05) is 18.8 Å². The van der Waals surface area contributed by atoms with Gasteiger partial charge in [0.15, 0.2) is 17.8 Å². The second-order valence-electron chi connectivity index (χ2n) is 10.2. The van der Waals surface area contributed by atoms with Gasteiger partial charge in [0.2, 0.25) is 12.2 Å². The number of aliphatic hydroxyl groups excluding tert-OH is 5. The van der Waals surface area contributed by atoms with Crippen molar-refractivity contribution in [2.75, 3.05) is 20.3 Å². The van der Waals surface area contributed by atoms with E-state index in [1.54, 1.807) is 0 Å². The number of phenolic OH excluding ortho intramolecular Hbond substituents is 2. The molecule has 1 fully saturated rings. The average molecular weight is 582 g/mol. The number of carbonyl (C=O) groups excluding carboxylic acids is 2. The Labute approximate surface area is 235 Å². The number of nitrogens with zero attached hydrogens (tertiary/aromatic N) is 1. The molecule has 0 aromatic heterocycles. The first kappa shape index (κ1) is 30.7. The van der Waals surface area contributed by atoms with Crippen molar-refractivity contribution in [1.82, 2.24) is 4.90 Å². The number of hydrogen-bond acceptors (Lipinski definition) is 13. The highest BCUT2D eigenvalue weighted by Gasteiger charge is 2.48. The molecule has 14 nitrogen and oxygen atoms in total. The van der Waals surface area contributed by atoms with Crippen LogP contribution in [0.4, 0.5) is 0 Å². The number of rotatable bonds is 7. The number of hydrogen-bond donors (Lipinski definition) is 7. The van der Waals surface area contributed by atoms with Crippen LogP contribution in [-0.4, -0.2) is 110 Å². The summed E-state index contributed by atoms with van der Waals surface area (Å²) in [5, 5.41) is 71.2. The smallest absolute Gasteiger partial charge is 0.337 e.